The molecular weight excluding hydrogens is 266 g/mol. The fourth-order valence-corrected chi connectivity index (χ4v) is 1.89. The average molecular weight is 285 g/mol. The van der Waals surface area contributed by atoms with Crippen LogP contribution in [0.5, 0.6) is 5.75 Å². The van der Waals surface area contributed by atoms with Crippen LogP contribution in [0.4, 0.5) is 5.69 Å². The molecule has 0 radical (unpaired) electrons. The van der Waals surface area contributed by atoms with Gasteiger partial charge in [-0.3, -0.25) is 9.78 Å². The van der Waals surface area contributed by atoms with Gasteiger partial charge in [-0.2, -0.15) is 0 Å². The van der Waals surface area contributed by atoms with Crippen LogP contribution in [-0.2, 0) is 4.79 Å². The number of hydrogen-bond donors (Lipinski definition) is 2. The standard InChI is InChI=1S/C16H19N3O2/c1-12(14-7-4-5-10-18-14)19-16(20)9-11-21-15-8-3-2-6-13(15)17/h2-8,10,12H,9,11,17H2,1H3,(H,19,20). The molecule has 0 aliphatic carbocycles. The smallest absolute Gasteiger partial charge is 0.223 e. The summed E-state index contributed by atoms with van der Waals surface area (Å²) in [5.41, 5.74) is 7.16. The maximum Gasteiger partial charge on any atom is 0.223 e. The average Bonchev–Trinajstić information content (AvgIpc) is 2.50. The highest BCUT2D eigenvalue weighted by Crippen LogP contribution is 2.19. The first-order chi connectivity index (χ1) is 10.2. The first kappa shape index (κ1) is 14.8. The van der Waals surface area contributed by atoms with Gasteiger partial charge in [0.1, 0.15) is 5.75 Å². The van der Waals surface area contributed by atoms with E-state index in [4.69, 9.17) is 10.5 Å². The normalized spacial score (nSPS) is 11.7. The van der Waals surface area contributed by atoms with Crippen LogP contribution >= 0.6 is 0 Å². The van der Waals surface area contributed by atoms with Crippen molar-refractivity contribution in [1.82, 2.24) is 10.3 Å². The molecule has 1 aromatic heterocycles. The van der Waals surface area contributed by atoms with Crippen LogP contribution < -0.4 is 15.8 Å². The number of anilines is 1. The van der Waals surface area contributed by atoms with E-state index in [9.17, 15) is 4.79 Å². The van der Waals surface area contributed by atoms with Crippen LogP contribution in [-0.4, -0.2) is 17.5 Å². The fourth-order valence-electron chi connectivity index (χ4n) is 1.89. The van der Waals surface area contributed by atoms with E-state index in [0.717, 1.165) is 5.69 Å². The van der Waals surface area contributed by atoms with Gasteiger partial charge in [-0.05, 0) is 31.2 Å². The third-order valence-corrected chi connectivity index (χ3v) is 3.01. The molecule has 1 unspecified atom stereocenters. The number of pyridine rings is 1. The Morgan fingerprint density at radius 1 is 1.29 bits per heavy atom. The summed E-state index contributed by atoms with van der Waals surface area (Å²) in [5, 5.41) is 2.88. The molecule has 0 saturated heterocycles. The summed E-state index contributed by atoms with van der Waals surface area (Å²) in [5.74, 6) is 0.519. The SMILES string of the molecule is CC(NC(=O)CCOc1ccccc1N)c1ccccn1. The molecule has 1 heterocycles. The minimum atomic E-state index is -0.125. The zero-order chi connectivity index (χ0) is 15.1. The Balaban J connectivity index is 1.76. The van der Waals surface area contributed by atoms with Gasteiger partial charge >= 0.3 is 0 Å². The van der Waals surface area contributed by atoms with E-state index in [-0.39, 0.29) is 25.0 Å². The van der Waals surface area contributed by atoms with Crippen molar-refractivity contribution in [3.63, 3.8) is 0 Å². The summed E-state index contributed by atoms with van der Waals surface area (Å²) in [4.78, 5) is 16.1. The van der Waals surface area contributed by atoms with E-state index >= 15 is 0 Å². The third kappa shape index (κ3) is 4.49. The number of hydrogen-bond acceptors (Lipinski definition) is 4. The number of ether oxygens (including phenoxy) is 1. The number of nitrogens with one attached hydrogen (secondary N) is 1. The molecule has 0 aliphatic rings. The Bertz CT molecular complexity index is 587. The fraction of sp³-hybridized carbons (Fsp3) is 0.250. The lowest BCUT2D eigenvalue weighted by Crippen LogP contribution is -2.28. The van der Waals surface area contributed by atoms with Crippen molar-refractivity contribution in [3.05, 3.63) is 54.4 Å². The van der Waals surface area contributed by atoms with Gasteiger partial charge in [0.15, 0.2) is 0 Å². The Morgan fingerprint density at radius 3 is 2.76 bits per heavy atom. The summed E-state index contributed by atoms with van der Waals surface area (Å²) in [6, 6.07) is 12.7. The molecule has 0 aliphatic heterocycles. The largest absolute Gasteiger partial charge is 0.491 e. The van der Waals surface area contributed by atoms with Crippen molar-refractivity contribution in [2.45, 2.75) is 19.4 Å². The van der Waals surface area contributed by atoms with Crippen molar-refractivity contribution in [1.29, 1.82) is 0 Å². The molecular formula is C16H19N3O2. The van der Waals surface area contributed by atoms with Crippen LogP contribution in [0.25, 0.3) is 0 Å². The number of carbonyl (C=O) groups is 1. The molecule has 0 spiro atoms. The Labute approximate surface area is 124 Å². The van der Waals surface area contributed by atoms with Crippen LogP contribution in [0.1, 0.15) is 25.1 Å². The molecule has 5 heteroatoms. The number of nitrogens with two attached hydrogens (primary N) is 1. The van der Waals surface area contributed by atoms with Gasteiger partial charge in [-0.1, -0.05) is 18.2 Å². The molecule has 2 aromatic rings. The van der Waals surface area contributed by atoms with Crippen LogP contribution in [0.15, 0.2) is 48.7 Å². The van der Waals surface area contributed by atoms with E-state index < -0.39 is 0 Å². The maximum atomic E-state index is 11.9. The van der Waals surface area contributed by atoms with Gasteiger partial charge in [0, 0.05) is 6.20 Å². The molecule has 0 fully saturated rings. The molecule has 5 nitrogen and oxygen atoms in total. The number of carbonyl (C=O) groups excluding carboxylic acids is 1. The molecule has 1 amide bonds. The number of nitrogen functional groups attached to an aromatic ring is 1. The van der Waals surface area contributed by atoms with Gasteiger partial charge in [0.2, 0.25) is 5.91 Å². The zero-order valence-electron chi connectivity index (χ0n) is 12.0. The van der Waals surface area contributed by atoms with E-state index in [1.807, 2.05) is 37.3 Å². The van der Waals surface area contributed by atoms with E-state index in [2.05, 4.69) is 10.3 Å². The molecule has 21 heavy (non-hydrogen) atoms. The first-order valence-corrected chi connectivity index (χ1v) is 6.84. The highest BCUT2D eigenvalue weighted by Gasteiger charge is 2.10. The molecule has 1 atom stereocenters. The maximum absolute atomic E-state index is 11.9. The predicted molar refractivity (Wildman–Crippen MR) is 81.8 cm³/mol. The second-order valence-electron chi connectivity index (χ2n) is 4.68. The van der Waals surface area contributed by atoms with Crippen molar-refractivity contribution in [2.75, 3.05) is 12.3 Å². The Hall–Kier alpha value is -2.56. The highest BCUT2D eigenvalue weighted by atomic mass is 16.5. The zero-order valence-corrected chi connectivity index (χ0v) is 12.0. The summed E-state index contributed by atoms with van der Waals surface area (Å²) >= 11 is 0. The van der Waals surface area contributed by atoms with E-state index in [1.54, 1.807) is 18.3 Å². The highest BCUT2D eigenvalue weighted by molar-refractivity contribution is 5.76. The molecule has 110 valence electrons. The van der Waals surface area contributed by atoms with Crippen molar-refractivity contribution in [3.8, 4) is 5.75 Å². The van der Waals surface area contributed by atoms with Gasteiger partial charge < -0.3 is 15.8 Å². The molecule has 3 N–H and O–H groups in total. The third-order valence-electron chi connectivity index (χ3n) is 3.01. The molecule has 2 rings (SSSR count). The lowest BCUT2D eigenvalue weighted by Gasteiger charge is -2.13. The van der Waals surface area contributed by atoms with Crippen molar-refractivity contribution < 1.29 is 9.53 Å². The molecule has 0 saturated carbocycles. The monoisotopic (exact) mass is 285 g/mol. The van der Waals surface area contributed by atoms with Crippen molar-refractivity contribution >= 4 is 11.6 Å². The Kier molecular flexibility index (Phi) is 5.15. The van der Waals surface area contributed by atoms with Gasteiger partial charge in [-0.25, -0.2) is 0 Å². The second-order valence-corrected chi connectivity index (χ2v) is 4.68. The number of aromatic nitrogens is 1. The minimum absolute atomic E-state index is 0.0809. The minimum Gasteiger partial charge on any atom is -0.491 e. The predicted octanol–water partition coefficient (Wildman–Crippen LogP) is 2.31. The quantitative estimate of drug-likeness (QED) is 0.798. The summed E-state index contributed by atoms with van der Waals surface area (Å²) in [6.07, 6.45) is 1.98. The number of nitrogens with zero attached hydrogens (tertiary/aromatic N) is 1. The second kappa shape index (κ2) is 7.28. The Morgan fingerprint density at radius 2 is 2.05 bits per heavy atom. The van der Waals surface area contributed by atoms with Gasteiger partial charge in [0.05, 0.1) is 30.5 Å². The molecule has 1 aromatic carbocycles. The summed E-state index contributed by atoms with van der Waals surface area (Å²) in [6.45, 7) is 2.19. The number of para-hydroxylation sites is 2. The lowest BCUT2D eigenvalue weighted by atomic mass is 10.2. The summed E-state index contributed by atoms with van der Waals surface area (Å²) < 4.78 is 5.49. The van der Waals surface area contributed by atoms with Crippen molar-refractivity contribution in [2.24, 2.45) is 0 Å². The first-order valence-electron chi connectivity index (χ1n) is 6.84. The van der Waals surface area contributed by atoms with Crippen LogP contribution in [0.2, 0.25) is 0 Å². The van der Waals surface area contributed by atoms with Gasteiger partial charge in [0.25, 0.3) is 0 Å². The van der Waals surface area contributed by atoms with Crippen LogP contribution in [0, 0.1) is 0 Å². The lowest BCUT2D eigenvalue weighted by molar-refractivity contribution is -0.122. The van der Waals surface area contributed by atoms with Crippen LogP contribution in [0.3, 0.4) is 0 Å². The molecule has 0 bridgehead atoms. The number of rotatable bonds is 6. The summed E-state index contributed by atoms with van der Waals surface area (Å²) in [7, 11) is 0. The number of amides is 1. The van der Waals surface area contributed by atoms with E-state index in [0.29, 0.717) is 11.4 Å². The topological polar surface area (TPSA) is 77.2 Å². The number of benzene rings is 1. The van der Waals surface area contributed by atoms with E-state index in [1.165, 1.54) is 0 Å². The van der Waals surface area contributed by atoms with Gasteiger partial charge in [-0.15, -0.1) is 0 Å².